The number of carbonyl (C=O) groups excluding carboxylic acids is 1. The highest BCUT2D eigenvalue weighted by atomic mass is 16.7. The number of ether oxygens (including phenoxy) is 3. The molecule has 26 heavy (non-hydrogen) atoms. The summed E-state index contributed by atoms with van der Waals surface area (Å²) < 4.78 is 16.2. The first kappa shape index (κ1) is 17.8. The number of nitrogens with zero attached hydrogens (tertiary/aromatic N) is 1. The number of aryl methyl sites for hydroxylation is 1. The van der Waals surface area contributed by atoms with Crippen LogP contribution in [0.15, 0.2) is 41.5 Å². The summed E-state index contributed by atoms with van der Waals surface area (Å²) in [6, 6.07) is 11.5. The van der Waals surface area contributed by atoms with Crippen LogP contribution in [0.2, 0.25) is 0 Å². The molecule has 2 aromatic rings. The van der Waals surface area contributed by atoms with Crippen molar-refractivity contribution in [2.24, 2.45) is 5.10 Å². The smallest absolute Gasteiger partial charge is 0.277 e. The first-order valence-corrected chi connectivity index (χ1v) is 8.48. The molecule has 3 rings (SSSR count). The minimum absolute atomic E-state index is 0.0964. The van der Waals surface area contributed by atoms with E-state index in [2.05, 4.69) is 30.4 Å². The van der Waals surface area contributed by atoms with Gasteiger partial charge in [-0.25, -0.2) is 5.43 Å². The molecule has 0 saturated carbocycles. The van der Waals surface area contributed by atoms with Gasteiger partial charge < -0.3 is 14.2 Å². The number of hydrogen-bond acceptors (Lipinski definition) is 5. The molecule has 1 aliphatic heterocycles. The molecule has 0 bridgehead atoms. The average Bonchev–Trinajstić information content (AvgIpc) is 3.08. The highest BCUT2D eigenvalue weighted by Gasteiger charge is 2.12. The third kappa shape index (κ3) is 4.33. The number of amides is 1. The molecule has 0 spiro atoms. The van der Waals surface area contributed by atoms with E-state index in [0.29, 0.717) is 23.2 Å². The highest BCUT2D eigenvalue weighted by Crippen LogP contribution is 2.32. The van der Waals surface area contributed by atoms with Gasteiger partial charge in [0.1, 0.15) is 5.75 Å². The van der Waals surface area contributed by atoms with Crippen LogP contribution in [0.5, 0.6) is 17.2 Å². The molecule has 0 aromatic heterocycles. The number of benzene rings is 2. The molecule has 0 radical (unpaired) electrons. The number of carbonyl (C=O) groups is 1. The van der Waals surface area contributed by atoms with E-state index in [-0.39, 0.29) is 19.3 Å². The normalized spacial score (nSPS) is 12.6. The van der Waals surface area contributed by atoms with E-state index in [4.69, 9.17) is 14.2 Å². The van der Waals surface area contributed by atoms with Gasteiger partial charge in [0.2, 0.25) is 6.79 Å². The Balaban J connectivity index is 1.52. The molecule has 0 aliphatic carbocycles. The summed E-state index contributed by atoms with van der Waals surface area (Å²) in [5.74, 6) is 2.17. The topological polar surface area (TPSA) is 69.2 Å². The summed E-state index contributed by atoms with van der Waals surface area (Å²) in [7, 11) is 0. The van der Waals surface area contributed by atoms with Crippen molar-refractivity contribution in [3.63, 3.8) is 0 Å². The Morgan fingerprint density at radius 3 is 2.85 bits per heavy atom. The maximum atomic E-state index is 11.9. The van der Waals surface area contributed by atoms with Crippen molar-refractivity contribution in [1.82, 2.24) is 5.43 Å². The second-order valence-corrected chi connectivity index (χ2v) is 6.37. The van der Waals surface area contributed by atoms with Crippen LogP contribution in [0.3, 0.4) is 0 Å². The lowest BCUT2D eigenvalue weighted by atomic mass is 10.0. The highest BCUT2D eigenvalue weighted by molar-refractivity contribution is 5.83. The lowest BCUT2D eigenvalue weighted by Gasteiger charge is -2.12. The monoisotopic (exact) mass is 354 g/mol. The lowest BCUT2D eigenvalue weighted by Crippen LogP contribution is -2.24. The summed E-state index contributed by atoms with van der Waals surface area (Å²) in [6.45, 7) is 6.31. The molecule has 6 heteroatoms. The maximum Gasteiger partial charge on any atom is 0.277 e. The Morgan fingerprint density at radius 1 is 1.23 bits per heavy atom. The van der Waals surface area contributed by atoms with E-state index in [1.54, 1.807) is 18.3 Å². The lowest BCUT2D eigenvalue weighted by molar-refractivity contribution is -0.123. The molecule has 136 valence electrons. The summed E-state index contributed by atoms with van der Waals surface area (Å²) in [5.41, 5.74) is 5.43. The average molecular weight is 354 g/mol. The zero-order chi connectivity index (χ0) is 18.5. The SMILES string of the molecule is Cc1ccc(C(C)C)cc1OCC(=O)N/N=C/c1ccc2c(c1)OCO2. The second-order valence-electron chi connectivity index (χ2n) is 6.37. The summed E-state index contributed by atoms with van der Waals surface area (Å²) >= 11 is 0. The first-order valence-electron chi connectivity index (χ1n) is 8.48. The number of nitrogens with one attached hydrogen (secondary N) is 1. The van der Waals surface area contributed by atoms with Gasteiger partial charge in [-0.15, -0.1) is 0 Å². The minimum atomic E-state index is -0.323. The van der Waals surface area contributed by atoms with Gasteiger partial charge in [0.05, 0.1) is 6.21 Å². The fourth-order valence-electron chi connectivity index (χ4n) is 2.48. The van der Waals surface area contributed by atoms with Crippen molar-refractivity contribution >= 4 is 12.1 Å². The predicted molar refractivity (Wildman–Crippen MR) is 99.1 cm³/mol. The zero-order valence-corrected chi connectivity index (χ0v) is 15.1. The molecule has 1 amide bonds. The van der Waals surface area contributed by atoms with Crippen molar-refractivity contribution in [2.45, 2.75) is 26.7 Å². The van der Waals surface area contributed by atoms with Crippen molar-refractivity contribution in [3.05, 3.63) is 53.1 Å². The number of rotatable bonds is 6. The molecule has 1 N–H and O–H groups in total. The Hall–Kier alpha value is -3.02. The van der Waals surface area contributed by atoms with Gasteiger partial charge in [-0.05, 0) is 53.8 Å². The molecule has 0 fully saturated rings. The van der Waals surface area contributed by atoms with Crippen molar-refractivity contribution in [3.8, 4) is 17.2 Å². The minimum Gasteiger partial charge on any atom is -0.483 e. The molecule has 0 atom stereocenters. The first-order chi connectivity index (χ1) is 12.5. The van der Waals surface area contributed by atoms with E-state index in [0.717, 1.165) is 11.1 Å². The summed E-state index contributed by atoms with van der Waals surface area (Å²) in [4.78, 5) is 11.9. The van der Waals surface area contributed by atoms with Crippen molar-refractivity contribution in [1.29, 1.82) is 0 Å². The molecule has 2 aromatic carbocycles. The largest absolute Gasteiger partial charge is 0.483 e. The Kier molecular flexibility index (Phi) is 5.41. The standard InChI is InChI=1S/C20H22N2O4/c1-13(2)16-6-4-14(3)18(9-16)24-11-20(23)22-21-10-15-5-7-17-19(8-15)26-12-25-17/h4-10,13H,11-12H2,1-3H3,(H,22,23)/b21-10+. The van der Waals surface area contributed by atoms with Crippen LogP contribution in [0.4, 0.5) is 0 Å². The molecular weight excluding hydrogens is 332 g/mol. The molecule has 6 nitrogen and oxygen atoms in total. The van der Waals surface area contributed by atoms with Crippen LogP contribution in [-0.2, 0) is 4.79 Å². The van der Waals surface area contributed by atoms with E-state index < -0.39 is 0 Å². The van der Waals surface area contributed by atoms with Crippen LogP contribution in [0.25, 0.3) is 0 Å². The van der Waals surface area contributed by atoms with Crippen LogP contribution in [0.1, 0.15) is 36.5 Å². The fraction of sp³-hybridized carbons (Fsp3) is 0.300. The molecule has 1 aliphatic rings. The molecule has 0 unspecified atom stereocenters. The number of hydrazone groups is 1. The third-order valence-corrected chi connectivity index (χ3v) is 4.04. The molecule has 0 saturated heterocycles. The predicted octanol–water partition coefficient (Wildman–Crippen LogP) is 3.38. The Labute approximate surface area is 152 Å². The van der Waals surface area contributed by atoms with Gasteiger partial charge in [0.15, 0.2) is 18.1 Å². The van der Waals surface area contributed by atoms with Crippen molar-refractivity contribution in [2.75, 3.05) is 13.4 Å². The van der Waals surface area contributed by atoms with Crippen LogP contribution in [0, 0.1) is 6.92 Å². The van der Waals surface area contributed by atoms with Crippen LogP contribution in [-0.4, -0.2) is 25.5 Å². The summed E-state index contributed by atoms with van der Waals surface area (Å²) in [5, 5.41) is 3.95. The molecular formula is C20H22N2O4. The van der Waals surface area contributed by atoms with Gasteiger partial charge >= 0.3 is 0 Å². The van der Waals surface area contributed by atoms with Crippen LogP contribution < -0.4 is 19.6 Å². The maximum absolute atomic E-state index is 11.9. The van der Waals surface area contributed by atoms with Crippen LogP contribution >= 0.6 is 0 Å². The summed E-state index contributed by atoms with van der Waals surface area (Å²) in [6.07, 6.45) is 1.55. The van der Waals surface area contributed by atoms with Gasteiger partial charge in [0.25, 0.3) is 5.91 Å². The van der Waals surface area contributed by atoms with Gasteiger partial charge in [0, 0.05) is 0 Å². The fourth-order valence-corrected chi connectivity index (χ4v) is 2.48. The third-order valence-electron chi connectivity index (χ3n) is 4.04. The van der Waals surface area contributed by atoms with Gasteiger partial charge in [-0.2, -0.15) is 5.10 Å². The second kappa shape index (κ2) is 7.91. The zero-order valence-electron chi connectivity index (χ0n) is 15.1. The van der Waals surface area contributed by atoms with E-state index in [1.165, 1.54) is 5.56 Å². The Morgan fingerprint density at radius 2 is 2.04 bits per heavy atom. The number of hydrogen-bond donors (Lipinski definition) is 1. The Bertz CT molecular complexity index is 831. The molecule has 1 heterocycles. The van der Waals surface area contributed by atoms with E-state index in [9.17, 15) is 4.79 Å². The van der Waals surface area contributed by atoms with Gasteiger partial charge in [-0.3, -0.25) is 4.79 Å². The van der Waals surface area contributed by atoms with E-state index >= 15 is 0 Å². The van der Waals surface area contributed by atoms with Crippen molar-refractivity contribution < 1.29 is 19.0 Å². The van der Waals surface area contributed by atoms with Gasteiger partial charge in [-0.1, -0.05) is 26.0 Å². The number of fused-ring (bicyclic) bond motifs is 1. The quantitative estimate of drug-likeness (QED) is 0.638. The van der Waals surface area contributed by atoms with E-state index in [1.807, 2.05) is 25.1 Å².